The number of nitrogens with two attached hydrogens (primary N) is 1. The molecule has 0 bridgehead atoms. The van der Waals surface area contributed by atoms with Crippen molar-refractivity contribution < 1.29 is 4.79 Å². The molecule has 0 saturated carbocycles. The predicted octanol–water partition coefficient (Wildman–Crippen LogP) is 2.15. The van der Waals surface area contributed by atoms with Gasteiger partial charge >= 0.3 is 0 Å². The molecule has 82 valence electrons. The van der Waals surface area contributed by atoms with Gasteiger partial charge in [0.1, 0.15) is 0 Å². The number of hydrogen-bond donors (Lipinski definition) is 2. The van der Waals surface area contributed by atoms with Gasteiger partial charge < -0.3 is 0 Å². The number of carbonyl (C=O) groups excluding carboxylic acids is 1. The van der Waals surface area contributed by atoms with E-state index in [1.165, 1.54) is 5.56 Å². The summed E-state index contributed by atoms with van der Waals surface area (Å²) < 4.78 is 1.13. The zero-order chi connectivity index (χ0) is 11.1. The molecule has 1 rings (SSSR count). The molecule has 0 radical (unpaired) electrons. The van der Waals surface area contributed by atoms with Crippen molar-refractivity contribution in [2.75, 3.05) is 0 Å². The third kappa shape index (κ3) is 4.44. The van der Waals surface area contributed by atoms with E-state index in [1.807, 2.05) is 18.2 Å². The van der Waals surface area contributed by atoms with Gasteiger partial charge in [-0.05, 0) is 30.9 Å². The molecule has 1 amide bonds. The number of amides is 1. The minimum atomic E-state index is -0.0953. The number of benzene rings is 1. The van der Waals surface area contributed by atoms with E-state index in [0.717, 1.165) is 23.7 Å². The van der Waals surface area contributed by atoms with Crippen LogP contribution in [-0.4, -0.2) is 5.91 Å². The van der Waals surface area contributed by atoms with Crippen molar-refractivity contribution in [1.29, 1.82) is 0 Å². The second-order valence-corrected chi connectivity index (χ2v) is 4.22. The molecular weight excluding hydrogens is 256 g/mol. The largest absolute Gasteiger partial charge is 0.294 e. The van der Waals surface area contributed by atoms with Gasteiger partial charge in [0.2, 0.25) is 5.91 Å². The highest BCUT2D eigenvalue weighted by Crippen LogP contribution is 2.18. The van der Waals surface area contributed by atoms with E-state index >= 15 is 0 Å². The third-order valence-electron chi connectivity index (χ3n) is 2.22. The van der Waals surface area contributed by atoms with Crippen molar-refractivity contribution in [3.8, 4) is 0 Å². The lowest BCUT2D eigenvalue weighted by molar-refractivity contribution is -0.121. The standard InChI is InChI=1S/C11H15BrN2O/c12-10-7-3-1-5-9(10)6-2-4-8-11(15)14-13/h1,3,5,7H,2,4,6,8,13H2,(H,14,15). The molecular formula is C11H15BrN2O. The Bertz CT molecular complexity index is 328. The van der Waals surface area contributed by atoms with Gasteiger partial charge in [0.25, 0.3) is 0 Å². The first kappa shape index (κ1) is 12.2. The van der Waals surface area contributed by atoms with Gasteiger partial charge in [0, 0.05) is 10.9 Å². The Balaban J connectivity index is 2.26. The molecule has 0 atom stereocenters. The number of hydrazine groups is 1. The molecule has 4 heteroatoms. The molecule has 3 N–H and O–H groups in total. The van der Waals surface area contributed by atoms with Crippen molar-refractivity contribution in [3.63, 3.8) is 0 Å². The summed E-state index contributed by atoms with van der Waals surface area (Å²) in [5.74, 6) is 4.89. The van der Waals surface area contributed by atoms with Crippen LogP contribution < -0.4 is 11.3 Å². The highest BCUT2D eigenvalue weighted by Gasteiger charge is 2.00. The SMILES string of the molecule is NNC(=O)CCCCc1ccccc1Br. The fourth-order valence-electron chi connectivity index (χ4n) is 1.37. The first-order valence-corrected chi connectivity index (χ1v) is 5.76. The van der Waals surface area contributed by atoms with E-state index in [4.69, 9.17) is 5.84 Å². The Labute approximate surface area is 98.1 Å². The summed E-state index contributed by atoms with van der Waals surface area (Å²) in [6, 6.07) is 8.14. The van der Waals surface area contributed by atoms with Crippen molar-refractivity contribution in [1.82, 2.24) is 5.43 Å². The normalized spacial score (nSPS) is 10.0. The monoisotopic (exact) mass is 270 g/mol. The minimum Gasteiger partial charge on any atom is -0.294 e. The lowest BCUT2D eigenvalue weighted by atomic mass is 10.1. The van der Waals surface area contributed by atoms with Crippen LogP contribution in [0, 0.1) is 0 Å². The second-order valence-electron chi connectivity index (χ2n) is 3.37. The number of unbranched alkanes of at least 4 members (excludes halogenated alkanes) is 1. The van der Waals surface area contributed by atoms with Crippen LogP contribution in [0.3, 0.4) is 0 Å². The first-order chi connectivity index (χ1) is 7.24. The van der Waals surface area contributed by atoms with Crippen LogP contribution >= 0.6 is 15.9 Å². The zero-order valence-corrected chi connectivity index (χ0v) is 10.1. The molecule has 1 aromatic carbocycles. The molecule has 0 heterocycles. The topological polar surface area (TPSA) is 55.1 Å². The average Bonchev–Trinajstić information content (AvgIpc) is 2.26. The van der Waals surface area contributed by atoms with Crippen LogP contribution in [0.5, 0.6) is 0 Å². The van der Waals surface area contributed by atoms with Crippen LogP contribution in [0.15, 0.2) is 28.7 Å². The molecule has 0 aliphatic rings. The number of aryl methyl sites for hydroxylation is 1. The molecule has 0 fully saturated rings. The van der Waals surface area contributed by atoms with Gasteiger partial charge in [-0.1, -0.05) is 34.1 Å². The minimum absolute atomic E-state index is 0.0953. The summed E-state index contributed by atoms with van der Waals surface area (Å²) in [6.07, 6.45) is 3.35. The summed E-state index contributed by atoms with van der Waals surface area (Å²) in [6.45, 7) is 0. The van der Waals surface area contributed by atoms with Crippen molar-refractivity contribution >= 4 is 21.8 Å². The van der Waals surface area contributed by atoms with Crippen molar-refractivity contribution in [2.45, 2.75) is 25.7 Å². The molecule has 0 saturated heterocycles. The van der Waals surface area contributed by atoms with Gasteiger partial charge in [-0.2, -0.15) is 0 Å². The molecule has 0 spiro atoms. The van der Waals surface area contributed by atoms with Crippen molar-refractivity contribution in [3.05, 3.63) is 34.3 Å². The Kier molecular flexibility index (Phi) is 5.36. The van der Waals surface area contributed by atoms with Gasteiger partial charge in [-0.25, -0.2) is 5.84 Å². The summed E-state index contributed by atoms with van der Waals surface area (Å²) in [4.78, 5) is 10.8. The smallest absolute Gasteiger partial charge is 0.233 e. The number of nitrogens with one attached hydrogen (secondary N) is 1. The second kappa shape index (κ2) is 6.58. The molecule has 0 aliphatic heterocycles. The van der Waals surface area contributed by atoms with Crippen LogP contribution in [0.2, 0.25) is 0 Å². The summed E-state index contributed by atoms with van der Waals surface area (Å²) in [5, 5.41) is 0. The van der Waals surface area contributed by atoms with E-state index in [1.54, 1.807) is 0 Å². The number of carbonyl (C=O) groups is 1. The molecule has 0 aromatic heterocycles. The summed E-state index contributed by atoms with van der Waals surface area (Å²) in [7, 11) is 0. The Hall–Kier alpha value is -0.870. The molecule has 3 nitrogen and oxygen atoms in total. The lowest BCUT2D eigenvalue weighted by Gasteiger charge is -2.03. The molecule has 15 heavy (non-hydrogen) atoms. The maximum Gasteiger partial charge on any atom is 0.233 e. The van der Waals surface area contributed by atoms with Gasteiger partial charge in [0.05, 0.1) is 0 Å². The maximum absolute atomic E-state index is 10.8. The quantitative estimate of drug-likeness (QED) is 0.373. The fraction of sp³-hybridized carbons (Fsp3) is 0.364. The van der Waals surface area contributed by atoms with E-state index < -0.39 is 0 Å². The van der Waals surface area contributed by atoms with E-state index in [-0.39, 0.29) is 5.91 Å². The number of halogens is 1. The summed E-state index contributed by atoms with van der Waals surface area (Å²) >= 11 is 3.49. The van der Waals surface area contributed by atoms with Crippen LogP contribution in [-0.2, 0) is 11.2 Å². The van der Waals surface area contributed by atoms with Gasteiger partial charge in [-0.3, -0.25) is 10.2 Å². The Morgan fingerprint density at radius 2 is 2.07 bits per heavy atom. The average molecular weight is 271 g/mol. The number of rotatable bonds is 5. The Morgan fingerprint density at radius 1 is 1.33 bits per heavy atom. The van der Waals surface area contributed by atoms with Crippen LogP contribution in [0.25, 0.3) is 0 Å². The highest BCUT2D eigenvalue weighted by atomic mass is 79.9. The highest BCUT2D eigenvalue weighted by molar-refractivity contribution is 9.10. The van der Waals surface area contributed by atoms with Crippen LogP contribution in [0.1, 0.15) is 24.8 Å². The van der Waals surface area contributed by atoms with Crippen molar-refractivity contribution in [2.24, 2.45) is 5.84 Å². The molecule has 0 aliphatic carbocycles. The van der Waals surface area contributed by atoms with Crippen LogP contribution in [0.4, 0.5) is 0 Å². The summed E-state index contributed by atoms with van der Waals surface area (Å²) in [5.41, 5.74) is 3.41. The molecule has 1 aromatic rings. The van der Waals surface area contributed by atoms with E-state index in [0.29, 0.717) is 6.42 Å². The predicted molar refractivity (Wildman–Crippen MR) is 64.0 cm³/mol. The Morgan fingerprint density at radius 3 is 2.73 bits per heavy atom. The fourth-order valence-corrected chi connectivity index (χ4v) is 1.86. The molecule has 0 unspecified atom stereocenters. The third-order valence-corrected chi connectivity index (χ3v) is 2.99. The van der Waals surface area contributed by atoms with Gasteiger partial charge in [-0.15, -0.1) is 0 Å². The maximum atomic E-state index is 10.8. The first-order valence-electron chi connectivity index (χ1n) is 4.97. The van der Waals surface area contributed by atoms with Gasteiger partial charge in [0.15, 0.2) is 0 Å². The zero-order valence-electron chi connectivity index (χ0n) is 8.50. The van der Waals surface area contributed by atoms with E-state index in [9.17, 15) is 4.79 Å². The lowest BCUT2D eigenvalue weighted by Crippen LogP contribution is -2.29. The van der Waals surface area contributed by atoms with E-state index in [2.05, 4.69) is 27.4 Å². The number of hydrogen-bond acceptors (Lipinski definition) is 2.